The number of carbonyl (C=O) groups is 2. The molecule has 222 valence electrons. The van der Waals surface area contributed by atoms with Crippen LogP contribution in [0.15, 0.2) is 48.5 Å². The van der Waals surface area contributed by atoms with Crippen molar-refractivity contribution < 1.29 is 38.7 Å². The number of rotatable bonds is 10. The Hall–Kier alpha value is -3.44. The highest BCUT2D eigenvalue weighted by molar-refractivity contribution is 6.55. The second-order valence-electron chi connectivity index (χ2n) is 9.35. The molecule has 0 amide bonds. The minimum atomic E-state index is -1.57. The van der Waals surface area contributed by atoms with Crippen LogP contribution in [0.5, 0.6) is 23.0 Å². The Balaban J connectivity index is 1.60. The number of carboxylic acid groups (broad SMARTS) is 2. The molecule has 3 aromatic rings. The van der Waals surface area contributed by atoms with Gasteiger partial charge in [-0.25, -0.2) is 9.59 Å². The molecule has 2 atom stereocenters. The summed E-state index contributed by atoms with van der Waals surface area (Å²) in [5.74, 6) is -2.02. The van der Waals surface area contributed by atoms with Gasteiger partial charge in [-0.15, -0.1) is 0 Å². The van der Waals surface area contributed by atoms with Crippen molar-refractivity contribution >= 4 is 69.7 Å². The van der Waals surface area contributed by atoms with Crippen LogP contribution < -0.4 is 28.7 Å². The van der Waals surface area contributed by atoms with E-state index in [1.54, 1.807) is 58.3 Å². The van der Waals surface area contributed by atoms with E-state index in [0.29, 0.717) is 22.5 Å². The van der Waals surface area contributed by atoms with Crippen LogP contribution in [-0.2, 0) is 0 Å². The van der Waals surface area contributed by atoms with Gasteiger partial charge in [-0.3, -0.25) is 0 Å². The van der Waals surface area contributed by atoms with Gasteiger partial charge < -0.3 is 39.0 Å². The van der Waals surface area contributed by atoms with E-state index < -0.39 is 32.9 Å². The zero-order valence-electron chi connectivity index (χ0n) is 22.5. The van der Waals surface area contributed by atoms with Crippen molar-refractivity contribution in [3.8, 4) is 23.0 Å². The highest BCUT2D eigenvalue weighted by Crippen LogP contribution is 2.68. The van der Waals surface area contributed by atoms with Gasteiger partial charge in [0.2, 0.25) is 8.91 Å². The third kappa shape index (κ3) is 4.48. The molecule has 0 radical (unpaired) electrons. The third-order valence-electron chi connectivity index (χ3n) is 7.25. The fourth-order valence-corrected chi connectivity index (χ4v) is 6.81. The minimum absolute atomic E-state index is 0.0213. The average Bonchev–Trinajstić information content (AvgIpc) is 3.76. The summed E-state index contributed by atoms with van der Waals surface area (Å²) in [6.07, 6.45) is 0. The van der Waals surface area contributed by atoms with Gasteiger partial charge in [0.05, 0.1) is 39.8 Å². The maximum Gasteiger partial charge on any atom is 0.339 e. The molecule has 2 saturated heterocycles. The lowest BCUT2D eigenvalue weighted by Crippen LogP contribution is -2.10. The summed E-state index contributed by atoms with van der Waals surface area (Å²) in [5.41, 5.74) is 1.22. The Morgan fingerprint density at radius 3 is 1.29 bits per heavy atom. The summed E-state index contributed by atoms with van der Waals surface area (Å²) < 4.78 is 18.1. The molecule has 2 unspecified atom stereocenters. The van der Waals surface area contributed by atoms with Crippen molar-refractivity contribution in [2.24, 2.45) is 0 Å². The Bertz CT molecular complexity index is 1480. The summed E-state index contributed by atoms with van der Waals surface area (Å²) in [6.45, 7) is 0. The number of para-hydroxylation sites is 2. The summed E-state index contributed by atoms with van der Waals surface area (Å²) in [5, 5.41) is 20.2. The van der Waals surface area contributed by atoms with E-state index in [1.165, 1.54) is 28.4 Å². The molecule has 2 heterocycles. The highest BCUT2D eigenvalue weighted by atomic mass is 35.5. The lowest BCUT2D eigenvalue weighted by Gasteiger charge is -2.17. The number of benzene rings is 3. The van der Waals surface area contributed by atoms with Crippen LogP contribution in [0, 0.1) is 0 Å². The normalized spacial score (nSPS) is 19.6. The molecule has 5 rings (SSSR count). The fourth-order valence-electron chi connectivity index (χ4n) is 5.39. The summed E-state index contributed by atoms with van der Waals surface area (Å²) in [7, 11) is 5.47. The van der Waals surface area contributed by atoms with Gasteiger partial charge in [0.15, 0.2) is 23.0 Å². The van der Waals surface area contributed by atoms with Gasteiger partial charge in [-0.1, -0.05) is 70.7 Å². The van der Waals surface area contributed by atoms with Crippen LogP contribution >= 0.6 is 46.4 Å². The Kier molecular flexibility index (Phi) is 7.64. The van der Waals surface area contributed by atoms with Gasteiger partial charge in [0.1, 0.15) is 23.2 Å². The maximum atomic E-state index is 12.4. The van der Waals surface area contributed by atoms with Crippen LogP contribution in [0.1, 0.15) is 43.9 Å². The molecule has 2 N–H and O–H groups in total. The number of carboxylic acids is 2. The van der Waals surface area contributed by atoms with Gasteiger partial charge in [-0.05, 0) is 35.4 Å². The van der Waals surface area contributed by atoms with E-state index in [4.69, 9.17) is 65.4 Å². The molecule has 2 aliphatic heterocycles. The minimum Gasteiger partial charge on any atom is -0.493 e. The summed E-state index contributed by atoms with van der Waals surface area (Å²) in [4.78, 5) is 27.9. The lowest BCUT2D eigenvalue weighted by molar-refractivity contribution is 0.0680. The van der Waals surface area contributed by atoms with E-state index >= 15 is 0 Å². The van der Waals surface area contributed by atoms with Gasteiger partial charge in [0, 0.05) is 0 Å². The van der Waals surface area contributed by atoms with E-state index in [9.17, 15) is 19.8 Å². The van der Waals surface area contributed by atoms with Gasteiger partial charge >= 0.3 is 11.9 Å². The number of methoxy groups -OCH3 is 4. The molecule has 42 heavy (non-hydrogen) atoms. The van der Waals surface area contributed by atoms with Crippen LogP contribution in [0.4, 0.5) is 11.4 Å². The van der Waals surface area contributed by atoms with Crippen LogP contribution in [0.25, 0.3) is 0 Å². The van der Waals surface area contributed by atoms with Crippen molar-refractivity contribution in [1.29, 1.82) is 0 Å². The van der Waals surface area contributed by atoms with E-state index in [0.717, 1.165) is 0 Å². The first-order valence-electron chi connectivity index (χ1n) is 12.3. The van der Waals surface area contributed by atoms with Crippen LogP contribution in [0.2, 0.25) is 0 Å². The average molecular weight is 658 g/mol. The zero-order valence-corrected chi connectivity index (χ0v) is 25.5. The number of alkyl halides is 4. The van der Waals surface area contributed by atoms with E-state index in [2.05, 4.69) is 0 Å². The molecule has 0 saturated carbocycles. The summed E-state index contributed by atoms with van der Waals surface area (Å²) >= 11 is 27.1. The number of hydrogen-bond donors (Lipinski definition) is 2. The van der Waals surface area contributed by atoms with Crippen LogP contribution in [0.3, 0.4) is 0 Å². The van der Waals surface area contributed by atoms with Crippen molar-refractivity contribution in [3.05, 3.63) is 70.8 Å². The molecule has 2 fully saturated rings. The molecule has 3 aromatic carbocycles. The Morgan fingerprint density at radius 2 is 1.00 bits per heavy atom. The maximum absolute atomic E-state index is 12.4. The lowest BCUT2D eigenvalue weighted by atomic mass is 10.0. The SMILES string of the molecule is COc1ccc(C2N(c3ccccc3N3C(c4ccc(OC)c(OC)c4C(=O)O)C3(Cl)Cl)C2(Cl)Cl)c(C(=O)O)c1OC. The second-order valence-corrected chi connectivity index (χ2v) is 12.0. The second kappa shape index (κ2) is 10.7. The number of nitrogens with zero attached hydrogens (tertiary/aromatic N) is 2. The first-order chi connectivity index (χ1) is 19.9. The van der Waals surface area contributed by atoms with Crippen molar-refractivity contribution in [3.63, 3.8) is 0 Å². The monoisotopic (exact) mass is 656 g/mol. The number of anilines is 2. The number of halogens is 4. The van der Waals surface area contributed by atoms with Crippen molar-refractivity contribution in [2.75, 3.05) is 38.2 Å². The smallest absolute Gasteiger partial charge is 0.339 e. The largest absolute Gasteiger partial charge is 0.493 e. The molecule has 14 heteroatoms. The first-order valence-corrected chi connectivity index (χ1v) is 13.8. The molecular formula is C28H24Cl4N2O8. The molecule has 0 aliphatic carbocycles. The number of aromatic carboxylic acids is 2. The number of hydrogen-bond acceptors (Lipinski definition) is 8. The molecule has 0 bridgehead atoms. The number of ether oxygens (including phenoxy) is 4. The Labute approximate surface area is 260 Å². The molecule has 2 aliphatic rings. The highest BCUT2D eigenvalue weighted by Gasteiger charge is 2.67. The van der Waals surface area contributed by atoms with Crippen molar-refractivity contribution in [1.82, 2.24) is 0 Å². The zero-order chi connectivity index (χ0) is 30.7. The van der Waals surface area contributed by atoms with E-state index in [1.807, 2.05) is 0 Å². The predicted molar refractivity (Wildman–Crippen MR) is 159 cm³/mol. The quantitative estimate of drug-likeness (QED) is 0.142. The standard InChI is InChI=1S/C28H24Cl4N2O8/c1-39-17-11-9-13(19(25(35)36)21(17)41-3)23-27(29,30)33(23)15-7-5-6-8-16(15)34-24(28(34,31)32)14-10-12-18(40-2)22(42-4)20(14)26(37)38/h5-12,23-24H,1-4H3,(H,35,36)(H,37,38). The first kappa shape index (κ1) is 30.0. The topological polar surface area (TPSA) is 118 Å². The molecule has 0 aromatic heterocycles. The van der Waals surface area contributed by atoms with Gasteiger partial charge in [0.25, 0.3) is 0 Å². The van der Waals surface area contributed by atoms with Crippen molar-refractivity contribution in [2.45, 2.75) is 21.0 Å². The third-order valence-corrected chi connectivity index (χ3v) is 8.81. The molecule has 10 nitrogen and oxygen atoms in total. The Morgan fingerprint density at radius 1 is 0.643 bits per heavy atom. The van der Waals surface area contributed by atoms with Gasteiger partial charge in [-0.2, -0.15) is 0 Å². The van der Waals surface area contributed by atoms with E-state index in [-0.39, 0.29) is 34.1 Å². The molecule has 0 spiro atoms. The van der Waals surface area contributed by atoms with Crippen LogP contribution in [-0.4, -0.2) is 59.5 Å². The fraction of sp³-hybridized carbons (Fsp3) is 0.286. The predicted octanol–water partition coefficient (Wildman–Crippen LogP) is 6.50. The molecular weight excluding hydrogens is 634 g/mol. The summed E-state index contributed by atoms with van der Waals surface area (Å²) in [6, 6.07) is 11.6.